The number of ether oxygens (including phenoxy) is 15. The Labute approximate surface area is 579 Å². The van der Waals surface area contributed by atoms with Crippen LogP contribution in [0.4, 0.5) is 0 Å². The van der Waals surface area contributed by atoms with Gasteiger partial charge in [-0.15, -0.1) is 22.7 Å². The number of ketones is 1. The molecule has 2 aromatic heterocycles. The van der Waals surface area contributed by atoms with Gasteiger partial charge in [0, 0.05) is 22.1 Å². The van der Waals surface area contributed by atoms with Crippen LogP contribution in [0.3, 0.4) is 0 Å². The van der Waals surface area contributed by atoms with Gasteiger partial charge >= 0.3 is 17.9 Å². The smallest absolute Gasteiger partial charge is 0.344 e. The zero-order valence-electron chi connectivity index (χ0n) is 52.8. The molecule has 0 unspecified atom stereocenters. The number of thiazole rings is 2. The first-order valence-electron chi connectivity index (χ1n) is 29.6. The molecule has 0 saturated carbocycles. The van der Waals surface area contributed by atoms with Crippen molar-refractivity contribution in [2.75, 3.05) is 91.7 Å². The van der Waals surface area contributed by atoms with Crippen LogP contribution in [0.25, 0.3) is 22.5 Å². The lowest BCUT2D eigenvalue weighted by Gasteiger charge is -2.18. The van der Waals surface area contributed by atoms with Gasteiger partial charge in [0.05, 0.1) is 40.8 Å². The number of halogens is 2. The summed E-state index contributed by atoms with van der Waals surface area (Å²) in [6, 6.07) is 33.0. The van der Waals surface area contributed by atoms with E-state index >= 15 is 0 Å². The van der Waals surface area contributed by atoms with E-state index in [0.29, 0.717) is 128 Å². The molecule has 22 nitrogen and oxygen atoms in total. The quantitative estimate of drug-likeness (QED) is 0.0194. The second-order valence-electron chi connectivity index (χ2n) is 20.2. The monoisotopic (exact) mass is 1490 g/mol. The van der Waals surface area contributed by atoms with Crippen molar-refractivity contribution in [3.8, 4) is 91.5 Å². The number of aryl methyl sites for hydroxylation is 3. The minimum atomic E-state index is -0.428. The zero-order valence-corrected chi connectivity index (χ0v) is 58.4. The molecule has 0 saturated heterocycles. The molecule has 0 aliphatic carbocycles. The number of rotatable bonds is 24. The second kappa shape index (κ2) is 36.7. The van der Waals surface area contributed by atoms with E-state index in [-0.39, 0.29) is 38.2 Å². The van der Waals surface area contributed by atoms with Crippen LogP contribution in [0.2, 0.25) is 0 Å². The fraction of sp³-hybridized carbons (Fsp3) is 0.309. The molecule has 0 fully saturated rings. The lowest BCUT2D eigenvalue weighted by atomic mass is 10.1. The van der Waals surface area contributed by atoms with Crippen LogP contribution in [0.15, 0.2) is 118 Å². The summed E-state index contributed by atoms with van der Waals surface area (Å²) in [6.45, 7) is 13.7. The van der Waals surface area contributed by atoms with Crippen molar-refractivity contribution in [1.29, 1.82) is 0 Å². The first-order valence-corrected chi connectivity index (χ1v) is 33.6. The van der Waals surface area contributed by atoms with Crippen molar-refractivity contribution in [3.05, 3.63) is 151 Å². The minimum absolute atomic E-state index is 0.0435. The number of hydrogen-bond donors (Lipinski definition) is 1. The highest BCUT2D eigenvalue weighted by molar-refractivity contribution is 9.11. The number of aromatic nitrogens is 2. The van der Waals surface area contributed by atoms with E-state index in [2.05, 4.69) is 41.6 Å². The van der Waals surface area contributed by atoms with Crippen molar-refractivity contribution in [3.63, 3.8) is 0 Å². The van der Waals surface area contributed by atoms with E-state index in [1.807, 2.05) is 80.7 Å². The third-order valence-electron chi connectivity index (χ3n) is 13.2. The number of esters is 3. The van der Waals surface area contributed by atoms with Gasteiger partial charge in [0.25, 0.3) is 0 Å². The molecule has 0 bridgehead atoms. The number of fused-ring (bicyclic) bond motifs is 3. The standard InChI is InChI=1S/C23H22BrNO6S.C23H23NO6S.C12H15NO4S.C10H9BrO3/c1-3-27-21(26)13-31-17-7-5-16(10-14(17)2)30-12-20-25-22(23(24)32-20)15-4-6-18-19(11-15)29-9-8-28-18;1-3-26-23(25)13-30-19-7-5-17(10-15(19)2)29-12-22-24-18(14-31-22)16-4-6-20-21(11-16)28-9-8-27-20;1-8-5-9(16-6-11(13)18)3-4-10(8)17-7-12(14)15-2;11-6-8(12)7-1-2-9-10(5-7)14-4-3-13-9/h4-7,10-11H,3,8-9,12-13H2,1-2H3;4-7,10-11,14H,3,8-9,12-13H2,1-2H3;3-5H,6-7H2,1-2H3,(H2,13,18);1-2,5H,3-4,6H2. The number of carbonyl (C=O) groups is 4. The number of hydrogen-bond acceptors (Lipinski definition) is 24. The van der Waals surface area contributed by atoms with Gasteiger partial charge in [0.15, 0.2) is 60.1 Å². The molecule has 0 radical (unpaired) electrons. The Bertz CT molecular complexity index is 3940. The molecule has 0 amide bonds. The molecule has 502 valence electrons. The van der Waals surface area contributed by atoms with E-state index in [0.717, 1.165) is 76.0 Å². The highest BCUT2D eigenvalue weighted by Gasteiger charge is 2.20. The fourth-order valence-electron chi connectivity index (χ4n) is 8.72. The second-order valence-corrected chi connectivity index (χ2v) is 24.6. The van der Waals surface area contributed by atoms with E-state index in [9.17, 15) is 19.2 Å². The molecule has 8 aromatic rings. The molecular weight excluding hydrogens is 1420 g/mol. The van der Waals surface area contributed by atoms with Crippen molar-refractivity contribution in [2.24, 2.45) is 5.73 Å². The SMILES string of the molecule is CCOC(=O)COc1ccc(OCc2nc(-c3ccc4c(c3)OCCO4)c(Br)s2)cc1C.CCOC(=O)COc1ccc(OCc2nc(-c3ccc4c(c3)OCCO4)cs2)cc1C.COC(=O)COc1ccc(OCC(N)=S)cc1C.O=C(CBr)c1ccc2c(c1)OCCO2. The van der Waals surface area contributed by atoms with Crippen LogP contribution in [-0.2, 0) is 41.8 Å². The summed E-state index contributed by atoms with van der Waals surface area (Å²) in [7, 11) is 1.31. The molecule has 6 aromatic carbocycles. The number of nitrogens with two attached hydrogens (primary N) is 1. The Morgan fingerprint density at radius 3 is 1.44 bits per heavy atom. The van der Waals surface area contributed by atoms with Gasteiger partial charge in [0.1, 0.15) is 109 Å². The number of carbonyl (C=O) groups excluding carboxylic acids is 4. The predicted octanol–water partition coefficient (Wildman–Crippen LogP) is 12.8. The molecule has 5 heterocycles. The van der Waals surface area contributed by atoms with Gasteiger partial charge < -0.3 is 76.8 Å². The fourth-order valence-corrected chi connectivity index (χ4v) is 11.4. The number of Topliss-reactive ketones (excluding diaryl/α,β-unsaturated/α-hetero) is 1. The van der Waals surface area contributed by atoms with Gasteiger partial charge in [-0.25, -0.2) is 24.4 Å². The predicted molar refractivity (Wildman–Crippen MR) is 367 cm³/mol. The lowest BCUT2D eigenvalue weighted by Crippen LogP contribution is -2.17. The molecule has 27 heteroatoms. The van der Waals surface area contributed by atoms with E-state index in [1.165, 1.54) is 18.4 Å². The highest BCUT2D eigenvalue weighted by Crippen LogP contribution is 2.40. The maximum atomic E-state index is 11.5. The Balaban J connectivity index is 0.000000171. The number of nitrogens with zero attached hydrogens (tertiary/aromatic N) is 2. The Hall–Kier alpha value is -8.89. The molecule has 11 rings (SSSR count). The normalized spacial score (nSPS) is 12.0. The molecule has 0 spiro atoms. The van der Waals surface area contributed by atoms with Crippen LogP contribution in [0, 0.1) is 20.8 Å². The summed E-state index contributed by atoms with van der Waals surface area (Å²) in [6.07, 6.45) is 0. The summed E-state index contributed by atoms with van der Waals surface area (Å²) in [5, 5.41) is 4.03. The first kappa shape index (κ1) is 71.9. The average molecular weight is 1490 g/mol. The van der Waals surface area contributed by atoms with Crippen LogP contribution in [-0.4, -0.2) is 130 Å². The number of methoxy groups -OCH3 is 1. The third-order valence-corrected chi connectivity index (χ3v) is 16.4. The number of benzene rings is 6. The Morgan fingerprint density at radius 1 is 0.526 bits per heavy atom. The number of thiocarbonyl (C=S) groups is 1. The van der Waals surface area contributed by atoms with Gasteiger partial charge in [-0.3, -0.25) is 4.79 Å². The highest BCUT2D eigenvalue weighted by atomic mass is 79.9. The molecule has 95 heavy (non-hydrogen) atoms. The molecule has 3 aliphatic rings. The van der Waals surface area contributed by atoms with Crippen LogP contribution >= 0.6 is 66.8 Å². The summed E-state index contributed by atoms with van der Waals surface area (Å²) in [4.78, 5) is 54.9. The Kier molecular flexibility index (Phi) is 27.8. The summed E-state index contributed by atoms with van der Waals surface area (Å²) in [5.41, 5.74) is 12.2. The first-order chi connectivity index (χ1) is 46.0. The van der Waals surface area contributed by atoms with E-state index in [1.54, 1.807) is 79.8 Å². The van der Waals surface area contributed by atoms with Crippen LogP contribution in [0.5, 0.6) is 69.0 Å². The molecule has 2 N–H and O–H groups in total. The maximum Gasteiger partial charge on any atom is 0.344 e. The molecule has 3 aliphatic heterocycles. The number of alkyl halides is 1. The summed E-state index contributed by atoms with van der Waals surface area (Å²) >= 11 is 14.5. The maximum absolute atomic E-state index is 11.5. The zero-order chi connectivity index (χ0) is 67.6. The van der Waals surface area contributed by atoms with Crippen molar-refractivity contribution in [2.45, 2.75) is 47.8 Å². The largest absolute Gasteiger partial charge is 0.486 e. The van der Waals surface area contributed by atoms with Gasteiger partial charge in [0.2, 0.25) is 0 Å². The van der Waals surface area contributed by atoms with Gasteiger partial charge in [-0.2, -0.15) is 0 Å². The van der Waals surface area contributed by atoms with E-state index < -0.39 is 11.9 Å². The lowest BCUT2D eigenvalue weighted by molar-refractivity contribution is -0.146. The molecular formula is C68H69Br2N3O19S3. The van der Waals surface area contributed by atoms with Crippen molar-refractivity contribution in [1.82, 2.24) is 9.97 Å². The third kappa shape index (κ3) is 22.1. The van der Waals surface area contributed by atoms with Gasteiger partial charge in [-0.05, 0) is 176 Å². The van der Waals surface area contributed by atoms with Crippen molar-refractivity contribution >= 4 is 95.4 Å². The minimum Gasteiger partial charge on any atom is -0.486 e. The van der Waals surface area contributed by atoms with E-state index in [4.69, 9.17) is 89.3 Å². The summed E-state index contributed by atoms with van der Waals surface area (Å²) < 4.78 is 81.8. The average Bonchev–Trinajstić information content (AvgIpc) is 3.79. The molecule has 0 atom stereocenters. The van der Waals surface area contributed by atoms with Crippen LogP contribution < -0.4 is 62.6 Å². The summed E-state index contributed by atoms with van der Waals surface area (Å²) in [5.74, 6) is 7.06. The Morgan fingerprint density at radius 2 is 0.968 bits per heavy atom. The van der Waals surface area contributed by atoms with Crippen LogP contribution in [0.1, 0.15) is 50.9 Å². The topological polar surface area (TPSA) is 259 Å². The van der Waals surface area contributed by atoms with Crippen molar-refractivity contribution < 1.29 is 90.2 Å². The van der Waals surface area contributed by atoms with Gasteiger partial charge in [-0.1, -0.05) is 28.1 Å².